The van der Waals surface area contributed by atoms with Crippen LogP contribution in [0, 0.1) is 52.3 Å². The molecule has 0 aromatic heterocycles. The molecule has 4 heteroatoms. The summed E-state index contributed by atoms with van der Waals surface area (Å²) < 4.78 is 0. The predicted octanol–water partition coefficient (Wildman–Crippen LogP) is 4.59. The second-order valence-corrected chi connectivity index (χ2v) is 12.8. The van der Waals surface area contributed by atoms with E-state index in [0.29, 0.717) is 60.6 Å². The molecule has 4 aliphatic carbocycles. The molecule has 0 aromatic carbocycles. The summed E-state index contributed by atoms with van der Waals surface area (Å²) in [5.74, 6) is 3.10. The van der Waals surface area contributed by atoms with Crippen LogP contribution in [0.4, 0.5) is 0 Å². The van der Waals surface area contributed by atoms with Gasteiger partial charge in [0.15, 0.2) is 0 Å². The van der Waals surface area contributed by atoms with E-state index < -0.39 is 12.2 Å². The van der Waals surface area contributed by atoms with E-state index in [1.807, 2.05) is 0 Å². The van der Waals surface area contributed by atoms with Crippen LogP contribution in [-0.4, -0.2) is 39.4 Å². The van der Waals surface area contributed by atoms with Crippen LogP contribution in [-0.2, 0) is 4.79 Å². The van der Waals surface area contributed by atoms with Crippen molar-refractivity contribution < 1.29 is 20.1 Å². The molecule has 0 amide bonds. The first-order chi connectivity index (χ1) is 14.5. The van der Waals surface area contributed by atoms with Crippen molar-refractivity contribution >= 4 is 5.78 Å². The molecule has 0 spiro atoms. The van der Waals surface area contributed by atoms with Gasteiger partial charge in [0, 0.05) is 12.3 Å². The van der Waals surface area contributed by atoms with E-state index in [1.54, 1.807) is 0 Å². The maximum absolute atomic E-state index is 13.3. The first kappa shape index (κ1) is 23.7. The Morgan fingerprint density at radius 2 is 1.65 bits per heavy atom. The lowest BCUT2D eigenvalue weighted by Gasteiger charge is -2.61. The first-order valence-electron chi connectivity index (χ1n) is 13.1. The standard InChI is InChI=1S/C27H46O4/c1-15(2)6-9-22(28)16(3)18-7-8-19-17-12-23(29)21-13-24(30)25(31)14-27(21,5)20(17)10-11-26(18,19)4/h15-22,24-25,28,30-31H,6-14H2,1-5H3/t16-,17-,18+,19-,20-,21+,22+,24-,25+,26+,27+/m0/s1. The predicted molar refractivity (Wildman–Crippen MR) is 122 cm³/mol. The summed E-state index contributed by atoms with van der Waals surface area (Å²) in [5, 5.41) is 31.7. The fourth-order valence-electron chi connectivity index (χ4n) is 9.01. The highest BCUT2D eigenvalue weighted by Gasteiger charge is 2.63. The van der Waals surface area contributed by atoms with E-state index in [4.69, 9.17) is 0 Å². The summed E-state index contributed by atoms with van der Waals surface area (Å²) in [5.41, 5.74) is 0.0239. The molecular formula is C27H46O4. The highest BCUT2D eigenvalue weighted by Crippen LogP contribution is 2.67. The molecule has 4 nitrogen and oxygen atoms in total. The molecule has 4 fully saturated rings. The van der Waals surface area contributed by atoms with Gasteiger partial charge in [-0.15, -0.1) is 0 Å². The molecule has 4 saturated carbocycles. The van der Waals surface area contributed by atoms with E-state index in [1.165, 1.54) is 19.3 Å². The van der Waals surface area contributed by atoms with Gasteiger partial charge >= 0.3 is 0 Å². The molecule has 4 rings (SSSR count). The third-order valence-corrected chi connectivity index (χ3v) is 10.8. The van der Waals surface area contributed by atoms with Crippen molar-refractivity contribution in [3.05, 3.63) is 0 Å². The van der Waals surface area contributed by atoms with Gasteiger partial charge in [-0.25, -0.2) is 0 Å². The van der Waals surface area contributed by atoms with Crippen LogP contribution in [0.15, 0.2) is 0 Å². The SMILES string of the molecule is CC(C)CC[C@@H](O)[C@@H](C)[C@H]1CC[C@H]2[C@@H]3CC(=O)[C@H]4C[C@H](O)[C@H](O)C[C@]4(C)[C@H]3CC[C@]12C. The highest BCUT2D eigenvalue weighted by atomic mass is 16.3. The fraction of sp³-hybridized carbons (Fsp3) is 0.963. The summed E-state index contributed by atoms with van der Waals surface area (Å²) >= 11 is 0. The molecule has 0 aromatic rings. The second kappa shape index (κ2) is 8.40. The van der Waals surface area contributed by atoms with Crippen LogP contribution in [0.3, 0.4) is 0 Å². The molecule has 0 saturated heterocycles. The summed E-state index contributed by atoms with van der Waals surface area (Å²) in [6.07, 6.45) is 6.55. The fourth-order valence-corrected chi connectivity index (χ4v) is 9.01. The third-order valence-electron chi connectivity index (χ3n) is 10.8. The zero-order valence-electron chi connectivity index (χ0n) is 20.4. The van der Waals surface area contributed by atoms with Gasteiger partial charge in [-0.05, 0) is 97.7 Å². The number of fused-ring (bicyclic) bond motifs is 5. The van der Waals surface area contributed by atoms with Crippen LogP contribution in [0.2, 0.25) is 0 Å². The smallest absolute Gasteiger partial charge is 0.136 e. The van der Waals surface area contributed by atoms with Crippen molar-refractivity contribution in [2.45, 2.75) is 111 Å². The van der Waals surface area contributed by atoms with E-state index in [0.717, 1.165) is 19.3 Å². The van der Waals surface area contributed by atoms with Gasteiger partial charge in [-0.1, -0.05) is 34.6 Å². The number of hydrogen-bond acceptors (Lipinski definition) is 4. The monoisotopic (exact) mass is 434 g/mol. The zero-order valence-corrected chi connectivity index (χ0v) is 20.4. The lowest BCUT2D eigenvalue weighted by Crippen LogP contribution is -2.59. The quantitative estimate of drug-likeness (QED) is 0.591. The lowest BCUT2D eigenvalue weighted by molar-refractivity contribution is -0.174. The van der Waals surface area contributed by atoms with E-state index in [9.17, 15) is 20.1 Å². The normalized spacial score (nSPS) is 49.3. The molecule has 0 radical (unpaired) electrons. The Balaban J connectivity index is 1.54. The second-order valence-electron chi connectivity index (χ2n) is 12.8. The Hall–Kier alpha value is -0.450. The molecular weight excluding hydrogens is 388 g/mol. The van der Waals surface area contributed by atoms with Gasteiger partial charge in [0.05, 0.1) is 18.3 Å². The zero-order chi connectivity index (χ0) is 22.7. The van der Waals surface area contributed by atoms with Crippen molar-refractivity contribution in [3.8, 4) is 0 Å². The summed E-state index contributed by atoms with van der Waals surface area (Å²) in [6, 6.07) is 0. The minimum Gasteiger partial charge on any atom is -0.393 e. The van der Waals surface area contributed by atoms with Gasteiger partial charge in [0.2, 0.25) is 0 Å². The van der Waals surface area contributed by atoms with Crippen LogP contribution in [0.5, 0.6) is 0 Å². The van der Waals surface area contributed by atoms with Crippen LogP contribution >= 0.6 is 0 Å². The van der Waals surface area contributed by atoms with Crippen molar-refractivity contribution in [2.24, 2.45) is 52.3 Å². The van der Waals surface area contributed by atoms with E-state index in [-0.39, 0.29) is 22.9 Å². The van der Waals surface area contributed by atoms with E-state index >= 15 is 0 Å². The Morgan fingerprint density at radius 1 is 0.968 bits per heavy atom. The first-order valence-corrected chi connectivity index (χ1v) is 13.1. The molecule has 0 aliphatic heterocycles. The van der Waals surface area contributed by atoms with Crippen molar-refractivity contribution in [3.63, 3.8) is 0 Å². The average molecular weight is 435 g/mol. The molecule has 11 atom stereocenters. The number of carbonyl (C=O) groups is 1. The molecule has 0 bridgehead atoms. The van der Waals surface area contributed by atoms with Gasteiger partial charge in [0.25, 0.3) is 0 Å². The topological polar surface area (TPSA) is 77.8 Å². The number of rotatable bonds is 5. The van der Waals surface area contributed by atoms with Gasteiger partial charge < -0.3 is 15.3 Å². The Bertz CT molecular complexity index is 676. The Kier molecular flexibility index (Phi) is 6.42. The number of ketones is 1. The maximum Gasteiger partial charge on any atom is 0.136 e. The van der Waals surface area contributed by atoms with Gasteiger partial charge in [0.1, 0.15) is 5.78 Å². The molecule has 0 heterocycles. The molecule has 31 heavy (non-hydrogen) atoms. The number of aliphatic hydroxyl groups is 3. The summed E-state index contributed by atoms with van der Waals surface area (Å²) in [7, 11) is 0. The molecule has 0 unspecified atom stereocenters. The maximum atomic E-state index is 13.3. The number of hydrogen-bond donors (Lipinski definition) is 3. The number of carbonyl (C=O) groups excluding carboxylic acids is 1. The summed E-state index contributed by atoms with van der Waals surface area (Å²) in [6.45, 7) is 11.4. The largest absolute Gasteiger partial charge is 0.393 e. The minimum absolute atomic E-state index is 0.0921. The summed E-state index contributed by atoms with van der Waals surface area (Å²) in [4.78, 5) is 13.3. The van der Waals surface area contributed by atoms with Crippen LogP contribution in [0.1, 0.15) is 92.4 Å². The molecule has 178 valence electrons. The number of Topliss-reactive ketones (excluding diaryl/α,β-unsaturated/α-hetero) is 1. The highest BCUT2D eigenvalue weighted by molar-refractivity contribution is 5.83. The van der Waals surface area contributed by atoms with Crippen molar-refractivity contribution in [1.29, 1.82) is 0 Å². The van der Waals surface area contributed by atoms with Crippen molar-refractivity contribution in [1.82, 2.24) is 0 Å². The van der Waals surface area contributed by atoms with Gasteiger partial charge in [-0.2, -0.15) is 0 Å². The lowest BCUT2D eigenvalue weighted by atomic mass is 9.44. The Morgan fingerprint density at radius 3 is 2.32 bits per heavy atom. The number of aliphatic hydroxyl groups excluding tert-OH is 3. The van der Waals surface area contributed by atoms with Crippen LogP contribution < -0.4 is 0 Å². The minimum atomic E-state index is -0.753. The molecule has 3 N–H and O–H groups in total. The average Bonchev–Trinajstić information content (AvgIpc) is 3.05. The van der Waals surface area contributed by atoms with Crippen LogP contribution in [0.25, 0.3) is 0 Å². The molecule has 4 aliphatic rings. The van der Waals surface area contributed by atoms with Gasteiger partial charge in [-0.3, -0.25) is 4.79 Å². The third kappa shape index (κ3) is 3.83. The Labute approximate surface area is 189 Å². The van der Waals surface area contributed by atoms with Crippen molar-refractivity contribution in [2.75, 3.05) is 0 Å². The van der Waals surface area contributed by atoms with E-state index in [2.05, 4.69) is 34.6 Å².